The third-order valence-electron chi connectivity index (χ3n) is 2.23. The predicted octanol–water partition coefficient (Wildman–Crippen LogP) is 0.823. The molecule has 0 spiro atoms. The molecule has 0 amide bonds. The van der Waals surface area contributed by atoms with Gasteiger partial charge in [-0.05, 0) is 13.8 Å². The van der Waals surface area contributed by atoms with Crippen molar-refractivity contribution in [3.05, 3.63) is 27.0 Å². The maximum Gasteiger partial charge on any atom is 0.352 e. The van der Waals surface area contributed by atoms with Crippen molar-refractivity contribution in [3.63, 3.8) is 0 Å². The minimum Gasteiger partial charge on any atom is -0.462 e. The van der Waals surface area contributed by atoms with Crippen LogP contribution in [0.5, 0.6) is 0 Å². The topological polar surface area (TPSA) is 86.7 Å². The zero-order valence-electron chi connectivity index (χ0n) is 9.39. The molecule has 2 aromatic rings. The second-order valence-electron chi connectivity index (χ2n) is 3.40. The first-order chi connectivity index (χ1) is 8.06. The van der Waals surface area contributed by atoms with Crippen LogP contribution in [-0.4, -0.2) is 22.0 Å². The van der Waals surface area contributed by atoms with Gasteiger partial charge in [-0.25, -0.2) is 14.2 Å². The van der Waals surface area contributed by atoms with E-state index < -0.39 is 5.97 Å². The number of anilines is 1. The monoisotopic (exact) mass is 253 g/mol. The summed E-state index contributed by atoms with van der Waals surface area (Å²) in [5.41, 5.74) is 5.98. The SMILES string of the molecule is CCOC(=O)c1sc2ncc(C)c(=O)n2c1N. The van der Waals surface area contributed by atoms with Gasteiger partial charge in [0.05, 0.1) is 6.61 Å². The van der Waals surface area contributed by atoms with E-state index in [-0.39, 0.29) is 22.9 Å². The van der Waals surface area contributed by atoms with Gasteiger partial charge < -0.3 is 10.5 Å². The minimum atomic E-state index is -0.530. The summed E-state index contributed by atoms with van der Waals surface area (Å²) in [5, 5.41) is 0. The van der Waals surface area contributed by atoms with Crippen molar-refractivity contribution in [2.75, 3.05) is 12.3 Å². The fourth-order valence-corrected chi connectivity index (χ4v) is 2.30. The summed E-state index contributed by atoms with van der Waals surface area (Å²) in [5.74, 6) is -0.442. The quantitative estimate of drug-likeness (QED) is 0.801. The van der Waals surface area contributed by atoms with E-state index in [2.05, 4.69) is 4.98 Å². The number of thiazole rings is 1. The van der Waals surface area contributed by atoms with Gasteiger partial charge in [0.2, 0.25) is 0 Å². The molecule has 0 bridgehead atoms. The maximum absolute atomic E-state index is 11.8. The molecule has 0 radical (unpaired) electrons. The summed E-state index contributed by atoms with van der Waals surface area (Å²) in [6.45, 7) is 3.60. The Labute approximate surface area is 101 Å². The number of aryl methyl sites for hydroxylation is 1. The average molecular weight is 253 g/mol. The van der Waals surface area contributed by atoms with Gasteiger partial charge in [-0.3, -0.25) is 4.79 Å². The molecule has 2 N–H and O–H groups in total. The molecule has 0 unspecified atom stereocenters. The van der Waals surface area contributed by atoms with Gasteiger partial charge in [0.1, 0.15) is 5.82 Å². The Morgan fingerprint density at radius 2 is 2.35 bits per heavy atom. The number of ether oxygens (including phenoxy) is 1. The molecular formula is C10H11N3O3S. The summed E-state index contributed by atoms with van der Waals surface area (Å²) in [6, 6.07) is 0. The Hall–Kier alpha value is -1.89. The van der Waals surface area contributed by atoms with Gasteiger partial charge in [0.15, 0.2) is 9.84 Å². The predicted molar refractivity (Wildman–Crippen MR) is 64.4 cm³/mol. The standard InChI is InChI=1S/C10H11N3O3S/c1-3-16-9(15)6-7(11)13-8(14)5(2)4-12-10(13)17-6/h4H,3,11H2,1-2H3. The summed E-state index contributed by atoms with van der Waals surface area (Å²) in [7, 11) is 0. The average Bonchev–Trinajstić information content (AvgIpc) is 2.62. The van der Waals surface area contributed by atoms with Crippen molar-refractivity contribution in [2.45, 2.75) is 13.8 Å². The van der Waals surface area contributed by atoms with Crippen molar-refractivity contribution >= 4 is 28.1 Å². The fourth-order valence-electron chi connectivity index (χ4n) is 1.40. The Kier molecular flexibility index (Phi) is 2.84. The van der Waals surface area contributed by atoms with E-state index in [9.17, 15) is 9.59 Å². The van der Waals surface area contributed by atoms with Crippen LogP contribution in [0.25, 0.3) is 4.96 Å². The van der Waals surface area contributed by atoms with Crippen molar-refractivity contribution in [3.8, 4) is 0 Å². The number of nitrogens with zero attached hydrogens (tertiary/aromatic N) is 2. The molecule has 0 fully saturated rings. The van der Waals surface area contributed by atoms with Crippen molar-refractivity contribution in [1.82, 2.24) is 9.38 Å². The van der Waals surface area contributed by atoms with Crippen LogP contribution in [-0.2, 0) is 4.74 Å². The number of rotatable bonds is 2. The molecule has 7 heteroatoms. The molecule has 0 aliphatic rings. The summed E-state index contributed by atoms with van der Waals surface area (Å²) < 4.78 is 6.09. The fraction of sp³-hybridized carbons (Fsp3) is 0.300. The second kappa shape index (κ2) is 4.17. The Morgan fingerprint density at radius 1 is 1.65 bits per heavy atom. The first-order valence-electron chi connectivity index (χ1n) is 5.00. The number of nitrogen functional groups attached to an aromatic ring is 1. The molecule has 0 saturated heterocycles. The minimum absolute atomic E-state index is 0.0876. The lowest BCUT2D eigenvalue weighted by Gasteiger charge is -1.99. The van der Waals surface area contributed by atoms with E-state index in [0.29, 0.717) is 10.5 Å². The number of carbonyl (C=O) groups is 1. The number of hydrogen-bond acceptors (Lipinski definition) is 6. The van der Waals surface area contributed by atoms with Gasteiger partial charge in [0.25, 0.3) is 5.56 Å². The van der Waals surface area contributed by atoms with Gasteiger partial charge in [-0.1, -0.05) is 11.3 Å². The zero-order chi connectivity index (χ0) is 12.6. The van der Waals surface area contributed by atoms with Crippen LogP contribution in [0.15, 0.2) is 11.0 Å². The van der Waals surface area contributed by atoms with E-state index in [1.807, 2.05) is 0 Å². The lowest BCUT2D eigenvalue weighted by atomic mass is 10.4. The van der Waals surface area contributed by atoms with Crippen LogP contribution in [0.1, 0.15) is 22.2 Å². The second-order valence-corrected chi connectivity index (χ2v) is 4.38. The Balaban J connectivity index is 2.70. The van der Waals surface area contributed by atoms with Gasteiger partial charge >= 0.3 is 5.97 Å². The van der Waals surface area contributed by atoms with Crippen LogP contribution in [0, 0.1) is 6.92 Å². The molecular weight excluding hydrogens is 242 g/mol. The van der Waals surface area contributed by atoms with Gasteiger partial charge in [0, 0.05) is 11.8 Å². The van der Waals surface area contributed by atoms with Crippen LogP contribution in [0.2, 0.25) is 0 Å². The molecule has 0 aliphatic heterocycles. The zero-order valence-corrected chi connectivity index (χ0v) is 10.2. The van der Waals surface area contributed by atoms with Crippen LogP contribution >= 0.6 is 11.3 Å². The number of fused-ring (bicyclic) bond motifs is 1. The molecule has 6 nitrogen and oxygen atoms in total. The number of nitrogens with two attached hydrogens (primary N) is 1. The lowest BCUT2D eigenvalue weighted by Crippen LogP contribution is -2.18. The highest BCUT2D eigenvalue weighted by Crippen LogP contribution is 2.23. The summed E-state index contributed by atoms with van der Waals surface area (Å²) in [4.78, 5) is 28.1. The molecule has 2 aromatic heterocycles. The van der Waals surface area contributed by atoms with Crippen molar-refractivity contribution < 1.29 is 9.53 Å². The molecule has 0 aromatic carbocycles. The molecule has 0 saturated carbocycles. The molecule has 2 heterocycles. The van der Waals surface area contributed by atoms with Crippen LogP contribution < -0.4 is 11.3 Å². The Morgan fingerprint density at radius 3 is 3.00 bits per heavy atom. The number of carbonyl (C=O) groups excluding carboxylic acids is 1. The highest BCUT2D eigenvalue weighted by atomic mass is 32.1. The van der Waals surface area contributed by atoms with E-state index >= 15 is 0 Å². The third-order valence-corrected chi connectivity index (χ3v) is 3.28. The first kappa shape index (κ1) is 11.6. The molecule has 90 valence electrons. The third kappa shape index (κ3) is 1.78. The summed E-state index contributed by atoms with van der Waals surface area (Å²) >= 11 is 1.05. The van der Waals surface area contributed by atoms with Crippen molar-refractivity contribution in [2.24, 2.45) is 0 Å². The van der Waals surface area contributed by atoms with E-state index in [1.165, 1.54) is 10.6 Å². The van der Waals surface area contributed by atoms with E-state index in [4.69, 9.17) is 10.5 Å². The molecule has 0 atom stereocenters. The lowest BCUT2D eigenvalue weighted by molar-refractivity contribution is 0.0533. The molecule has 17 heavy (non-hydrogen) atoms. The molecule has 2 rings (SSSR count). The first-order valence-corrected chi connectivity index (χ1v) is 5.81. The van der Waals surface area contributed by atoms with E-state index in [0.717, 1.165) is 11.3 Å². The van der Waals surface area contributed by atoms with Gasteiger partial charge in [-0.2, -0.15) is 0 Å². The number of aromatic nitrogens is 2. The number of hydrogen-bond donors (Lipinski definition) is 1. The highest BCUT2D eigenvalue weighted by Gasteiger charge is 2.19. The maximum atomic E-state index is 11.8. The summed E-state index contributed by atoms with van der Waals surface area (Å²) in [6.07, 6.45) is 1.46. The van der Waals surface area contributed by atoms with Gasteiger partial charge in [-0.15, -0.1) is 0 Å². The smallest absolute Gasteiger partial charge is 0.352 e. The van der Waals surface area contributed by atoms with Crippen LogP contribution in [0.3, 0.4) is 0 Å². The van der Waals surface area contributed by atoms with E-state index in [1.54, 1.807) is 13.8 Å². The highest BCUT2D eigenvalue weighted by molar-refractivity contribution is 7.19. The van der Waals surface area contributed by atoms with Crippen LogP contribution in [0.4, 0.5) is 5.82 Å². The number of esters is 1. The largest absolute Gasteiger partial charge is 0.462 e. The molecule has 0 aliphatic carbocycles. The normalized spacial score (nSPS) is 10.7. The Bertz CT molecular complexity index is 644. The van der Waals surface area contributed by atoms with Crippen molar-refractivity contribution in [1.29, 1.82) is 0 Å².